The van der Waals surface area contributed by atoms with Crippen LogP contribution in [-0.2, 0) is 28.7 Å². The van der Waals surface area contributed by atoms with Crippen molar-refractivity contribution in [1.82, 2.24) is 5.32 Å². The van der Waals surface area contributed by atoms with Crippen molar-refractivity contribution < 1.29 is 23.5 Å². The van der Waals surface area contributed by atoms with E-state index in [0.29, 0.717) is 5.56 Å². The number of rotatable bonds is 8. The summed E-state index contributed by atoms with van der Waals surface area (Å²) in [6, 6.07) is 6.39. The number of halogens is 3. The van der Waals surface area contributed by atoms with E-state index in [2.05, 4.69) is 37.2 Å². The number of esters is 2. The zero-order valence-corrected chi connectivity index (χ0v) is 20.9. The predicted octanol–water partition coefficient (Wildman–Crippen LogP) is 4.78. The molecule has 0 bridgehead atoms. The summed E-state index contributed by atoms with van der Waals surface area (Å²) in [5.74, 6) is -0.968. The molecule has 0 spiro atoms. The summed E-state index contributed by atoms with van der Waals surface area (Å²) in [6.45, 7) is 9.80. The topological polar surface area (TPSA) is 64.6 Å². The molecule has 0 saturated carbocycles. The van der Waals surface area contributed by atoms with E-state index in [0.717, 1.165) is 5.56 Å². The summed E-state index contributed by atoms with van der Waals surface area (Å²) in [5.41, 5.74) is 0.0941. The number of alkyl halides is 3. The van der Waals surface area contributed by atoms with Crippen LogP contribution in [0.25, 0.3) is 0 Å². The van der Waals surface area contributed by atoms with Crippen LogP contribution in [0.2, 0.25) is 0 Å². The van der Waals surface area contributed by atoms with Gasteiger partial charge in [-0.05, 0) is 59.1 Å². The van der Waals surface area contributed by atoms with Crippen LogP contribution >= 0.6 is 31.9 Å². The Morgan fingerprint density at radius 3 is 2.10 bits per heavy atom. The van der Waals surface area contributed by atoms with Gasteiger partial charge in [-0.25, -0.2) is 4.39 Å². The molecule has 1 N–H and O–H groups in total. The lowest BCUT2D eigenvalue weighted by molar-refractivity contribution is -0.158. The van der Waals surface area contributed by atoms with Gasteiger partial charge in [-0.15, -0.1) is 0 Å². The fourth-order valence-corrected chi connectivity index (χ4v) is 3.32. The van der Waals surface area contributed by atoms with Crippen LogP contribution in [0.15, 0.2) is 24.3 Å². The van der Waals surface area contributed by atoms with Crippen molar-refractivity contribution in [1.29, 1.82) is 0 Å². The van der Waals surface area contributed by atoms with Crippen LogP contribution in [0.4, 0.5) is 4.39 Å². The molecule has 29 heavy (non-hydrogen) atoms. The number of carbonyl (C=O) groups is 2. The largest absolute Gasteiger partial charge is 0.459 e. The van der Waals surface area contributed by atoms with Gasteiger partial charge in [-0.1, -0.05) is 56.1 Å². The Kier molecular flexibility index (Phi) is 9.30. The molecular formula is C21H30Br2FNO4. The Bertz CT molecular complexity index is 711. The minimum absolute atomic E-state index is 0.153. The van der Waals surface area contributed by atoms with Crippen molar-refractivity contribution in [2.24, 2.45) is 0 Å². The fraction of sp³-hybridized carbons (Fsp3) is 0.619. The molecule has 164 valence electrons. The lowest BCUT2D eigenvalue weighted by Gasteiger charge is -2.27. The first-order valence-corrected chi connectivity index (χ1v) is 10.9. The van der Waals surface area contributed by atoms with Gasteiger partial charge < -0.3 is 9.47 Å². The summed E-state index contributed by atoms with van der Waals surface area (Å²) < 4.78 is 23.3. The summed E-state index contributed by atoms with van der Waals surface area (Å²) in [6.07, 6.45) is 0.215. The highest BCUT2D eigenvalue weighted by molar-refractivity contribution is 9.24. The first kappa shape index (κ1) is 26.0. The molecule has 1 aromatic carbocycles. The van der Waals surface area contributed by atoms with E-state index < -0.39 is 39.1 Å². The van der Waals surface area contributed by atoms with Crippen molar-refractivity contribution >= 4 is 43.8 Å². The smallest absolute Gasteiger partial charge is 0.324 e. The molecule has 0 aromatic heterocycles. The van der Waals surface area contributed by atoms with Gasteiger partial charge in [0.05, 0.1) is 6.54 Å². The zero-order valence-electron chi connectivity index (χ0n) is 17.8. The predicted molar refractivity (Wildman–Crippen MR) is 119 cm³/mol. The maximum atomic E-state index is 13.5. The molecule has 0 aliphatic heterocycles. The number of hydrogen-bond acceptors (Lipinski definition) is 5. The SMILES string of the molecule is CC(C)(C)OC(=O)CN[C@@H](Cc1ccccc1C(Br)(Br)CF)C(=O)OC(C)(C)C. The van der Waals surface area contributed by atoms with Crippen LogP contribution in [0.5, 0.6) is 0 Å². The molecule has 0 heterocycles. The van der Waals surface area contributed by atoms with Gasteiger partial charge in [0.25, 0.3) is 0 Å². The van der Waals surface area contributed by atoms with E-state index in [1.54, 1.807) is 53.7 Å². The first-order valence-electron chi connectivity index (χ1n) is 9.35. The molecule has 0 amide bonds. The number of benzene rings is 1. The average molecular weight is 539 g/mol. The molecule has 1 atom stereocenters. The van der Waals surface area contributed by atoms with Gasteiger partial charge in [0, 0.05) is 0 Å². The van der Waals surface area contributed by atoms with Gasteiger partial charge in [0.1, 0.15) is 27.2 Å². The Morgan fingerprint density at radius 1 is 1.03 bits per heavy atom. The quantitative estimate of drug-likeness (QED) is 0.381. The van der Waals surface area contributed by atoms with Gasteiger partial charge in [-0.2, -0.15) is 0 Å². The molecule has 0 aliphatic rings. The van der Waals surface area contributed by atoms with E-state index in [1.165, 1.54) is 0 Å². The fourth-order valence-electron chi connectivity index (χ4n) is 2.54. The van der Waals surface area contributed by atoms with Crippen LogP contribution in [0.1, 0.15) is 52.7 Å². The van der Waals surface area contributed by atoms with Gasteiger partial charge in [0.2, 0.25) is 0 Å². The molecule has 0 unspecified atom stereocenters. The van der Waals surface area contributed by atoms with E-state index in [4.69, 9.17) is 9.47 Å². The minimum atomic E-state index is -1.06. The molecule has 5 nitrogen and oxygen atoms in total. The first-order chi connectivity index (χ1) is 13.1. The van der Waals surface area contributed by atoms with Crippen molar-refractivity contribution in [2.45, 2.75) is 68.4 Å². The zero-order chi connectivity index (χ0) is 22.5. The normalized spacial score (nSPS) is 13.7. The molecular weight excluding hydrogens is 509 g/mol. The average Bonchev–Trinajstić information content (AvgIpc) is 2.55. The molecule has 1 aromatic rings. The summed E-state index contributed by atoms with van der Waals surface area (Å²) in [4.78, 5) is 24.9. The molecule has 8 heteroatoms. The standard InChI is InChI=1S/C21H30Br2FNO4/c1-19(2,3)28-17(26)12-25-16(18(27)29-20(4,5)6)11-14-9-7-8-10-15(14)21(22,23)13-24/h7-10,16,25H,11-13H2,1-6H3/t16-/m0/s1. The monoisotopic (exact) mass is 537 g/mol. The van der Waals surface area contributed by atoms with Crippen LogP contribution in [-0.4, -0.2) is 42.4 Å². The van der Waals surface area contributed by atoms with Gasteiger partial charge in [0.15, 0.2) is 0 Å². The maximum Gasteiger partial charge on any atom is 0.324 e. The summed E-state index contributed by atoms with van der Waals surface area (Å²) >= 11 is 6.68. The lowest BCUT2D eigenvalue weighted by Crippen LogP contribution is -2.46. The molecule has 0 fully saturated rings. The highest BCUT2D eigenvalue weighted by atomic mass is 79.9. The maximum absolute atomic E-state index is 13.5. The van der Waals surface area contributed by atoms with E-state index >= 15 is 0 Å². The Balaban J connectivity index is 3.07. The Labute approximate surface area is 189 Å². The Hall–Kier alpha value is -0.990. The van der Waals surface area contributed by atoms with Crippen molar-refractivity contribution in [3.05, 3.63) is 35.4 Å². The van der Waals surface area contributed by atoms with Crippen molar-refractivity contribution in [3.8, 4) is 0 Å². The number of ether oxygens (including phenoxy) is 2. The summed E-state index contributed by atoms with van der Waals surface area (Å²) in [7, 11) is 0. The van der Waals surface area contributed by atoms with E-state index in [9.17, 15) is 14.0 Å². The lowest BCUT2D eigenvalue weighted by atomic mass is 9.98. The molecule has 0 radical (unpaired) electrons. The third-order valence-corrected chi connectivity index (χ3v) is 4.89. The number of carbonyl (C=O) groups excluding carboxylic acids is 2. The van der Waals surface area contributed by atoms with Gasteiger partial charge >= 0.3 is 11.9 Å². The highest BCUT2D eigenvalue weighted by Crippen LogP contribution is 2.40. The second-order valence-electron chi connectivity index (χ2n) is 8.75. The molecule has 0 aliphatic carbocycles. The van der Waals surface area contributed by atoms with Crippen LogP contribution in [0, 0.1) is 0 Å². The van der Waals surface area contributed by atoms with Crippen molar-refractivity contribution in [2.75, 3.05) is 13.2 Å². The highest BCUT2D eigenvalue weighted by Gasteiger charge is 2.31. The van der Waals surface area contributed by atoms with Crippen LogP contribution < -0.4 is 5.32 Å². The second-order valence-corrected chi connectivity index (χ2v) is 12.5. The third-order valence-electron chi connectivity index (χ3n) is 3.61. The molecule has 0 saturated heterocycles. The van der Waals surface area contributed by atoms with Gasteiger partial charge in [-0.3, -0.25) is 14.9 Å². The van der Waals surface area contributed by atoms with E-state index in [1.807, 2.05) is 12.1 Å². The van der Waals surface area contributed by atoms with Crippen molar-refractivity contribution in [3.63, 3.8) is 0 Å². The third kappa shape index (κ3) is 9.57. The number of nitrogens with one attached hydrogen (secondary N) is 1. The Morgan fingerprint density at radius 2 is 1.59 bits per heavy atom. The number of hydrogen-bond donors (Lipinski definition) is 1. The minimum Gasteiger partial charge on any atom is -0.459 e. The summed E-state index contributed by atoms with van der Waals surface area (Å²) in [5, 5.41) is 2.94. The second kappa shape index (κ2) is 10.4. The molecule has 1 rings (SSSR count). The van der Waals surface area contributed by atoms with Crippen LogP contribution in [0.3, 0.4) is 0 Å². The van der Waals surface area contributed by atoms with E-state index in [-0.39, 0.29) is 13.0 Å².